The van der Waals surface area contributed by atoms with Gasteiger partial charge in [-0.05, 0) is 24.3 Å². The molecule has 0 unspecified atom stereocenters. The minimum Gasteiger partial charge on any atom is -0.508 e. The van der Waals surface area contributed by atoms with Gasteiger partial charge in [-0.1, -0.05) is 12.1 Å². The molecule has 2 aromatic carbocycles. The second kappa shape index (κ2) is 5.07. The zero-order chi connectivity index (χ0) is 16.0. The highest BCUT2D eigenvalue weighted by molar-refractivity contribution is 7.99. The molecular formula is C17H10N2O3S. The molecule has 1 aromatic heterocycles. The third kappa shape index (κ3) is 2.05. The molecule has 1 N–H and O–H groups in total. The van der Waals surface area contributed by atoms with Crippen molar-refractivity contribution in [3.05, 3.63) is 58.4 Å². The van der Waals surface area contributed by atoms with E-state index in [1.54, 1.807) is 22.7 Å². The van der Waals surface area contributed by atoms with Gasteiger partial charge in [-0.15, -0.1) is 11.8 Å². The van der Waals surface area contributed by atoms with Gasteiger partial charge >= 0.3 is 5.63 Å². The highest BCUT2D eigenvalue weighted by atomic mass is 32.2. The predicted octanol–water partition coefficient (Wildman–Crippen LogP) is 3.57. The van der Waals surface area contributed by atoms with Crippen LogP contribution >= 0.6 is 11.8 Å². The van der Waals surface area contributed by atoms with Crippen molar-refractivity contribution in [3.63, 3.8) is 0 Å². The van der Waals surface area contributed by atoms with E-state index in [1.165, 1.54) is 12.1 Å². The average molecular weight is 322 g/mol. The molecular weight excluding hydrogens is 312 g/mol. The molecule has 4 rings (SSSR count). The molecule has 0 fully saturated rings. The Morgan fingerprint density at radius 3 is 2.91 bits per heavy atom. The van der Waals surface area contributed by atoms with E-state index in [0.29, 0.717) is 11.3 Å². The first kappa shape index (κ1) is 13.7. The van der Waals surface area contributed by atoms with Crippen LogP contribution in [0.25, 0.3) is 11.0 Å². The first-order valence-electron chi connectivity index (χ1n) is 6.88. The number of thioether (sulfide) groups is 1. The molecule has 0 saturated carbocycles. The second-order valence-corrected chi connectivity index (χ2v) is 6.06. The van der Waals surface area contributed by atoms with Gasteiger partial charge in [-0.3, -0.25) is 0 Å². The standard InChI is InChI=1S/C17H10N2O3S/c18-8-12-11-6-5-10(20)7-14(11)22-17(21)16(12)19-9-23-15-4-2-1-3-13(15)19/h1-7,20H,9H2. The Balaban J connectivity index is 2.02. The van der Waals surface area contributed by atoms with E-state index in [4.69, 9.17) is 4.42 Å². The molecule has 2 heterocycles. The van der Waals surface area contributed by atoms with Crippen LogP contribution in [-0.2, 0) is 0 Å². The van der Waals surface area contributed by atoms with Gasteiger partial charge in [-0.2, -0.15) is 5.26 Å². The third-order valence-corrected chi connectivity index (χ3v) is 4.80. The Bertz CT molecular complexity index is 1040. The fourth-order valence-corrected chi connectivity index (χ4v) is 3.77. The van der Waals surface area contributed by atoms with Crippen LogP contribution in [0.5, 0.6) is 5.75 Å². The average Bonchev–Trinajstić information content (AvgIpc) is 2.97. The van der Waals surface area contributed by atoms with Crippen LogP contribution < -0.4 is 10.5 Å². The number of fused-ring (bicyclic) bond motifs is 2. The first-order valence-corrected chi connectivity index (χ1v) is 7.87. The molecule has 1 aliphatic heterocycles. The van der Waals surface area contributed by atoms with Crippen molar-refractivity contribution in [3.8, 4) is 11.8 Å². The summed E-state index contributed by atoms with van der Waals surface area (Å²) in [6.45, 7) is 0. The number of phenols is 1. The van der Waals surface area contributed by atoms with Gasteiger partial charge in [0.2, 0.25) is 0 Å². The highest BCUT2D eigenvalue weighted by Crippen LogP contribution is 2.43. The number of nitrogens with zero attached hydrogens (tertiary/aromatic N) is 2. The Morgan fingerprint density at radius 1 is 1.26 bits per heavy atom. The summed E-state index contributed by atoms with van der Waals surface area (Å²) in [5.74, 6) is 0.530. The van der Waals surface area contributed by atoms with E-state index in [-0.39, 0.29) is 22.6 Å². The quantitative estimate of drug-likeness (QED) is 0.690. The number of para-hydroxylation sites is 1. The lowest BCUT2D eigenvalue weighted by Crippen LogP contribution is -2.21. The number of phenolic OH excluding ortho intramolecular Hbond substituents is 1. The molecule has 0 radical (unpaired) electrons. The van der Waals surface area contributed by atoms with Gasteiger partial charge in [0.15, 0.2) is 0 Å². The maximum Gasteiger partial charge on any atom is 0.361 e. The Labute approximate surface area is 135 Å². The van der Waals surface area contributed by atoms with Gasteiger partial charge in [0.1, 0.15) is 23.1 Å². The molecule has 0 spiro atoms. The summed E-state index contributed by atoms with van der Waals surface area (Å²) >= 11 is 1.60. The number of hydrogen-bond donors (Lipinski definition) is 1. The lowest BCUT2D eigenvalue weighted by atomic mass is 10.1. The monoisotopic (exact) mass is 322 g/mol. The molecule has 3 aromatic rings. The van der Waals surface area contributed by atoms with Crippen LogP contribution in [0.1, 0.15) is 5.56 Å². The van der Waals surface area contributed by atoms with Gasteiger partial charge in [-0.25, -0.2) is 4.79 Å². The molecule has 0 amide bonds. The molecule has 1 aliphatic rings. The predicted molar refractivity (Wildman–Crippen MR) is 88.2 cm³/mol. The number of anilines is 2. The summed E-state index contributed by atoms with van der Waals surface area (Å²) in [5, 5.41) is 19.6. The number of aromatic hydroxyl groups is 1. The fourth-order valence-electron chi connectivity index (χ4n) is 2.73. The first-order chi connectivity index (χ1) is 11.2. The summed E-state index contributed by atoms with van der Waals surface area (Å²) in [6, 6.07) is 14.2. The largest absolute Gasteiger partial charge is 0.508 e. The zero-order valence-corrected chi connectivity index (χ0v) is 12.6. The van der Waals surface area contributed by atoms with Gasteiger partial charge in [0, 0.05) is 16.3 Å². The van der Waals surface area contributed by atoms with Crippen molar-refractivity contribution in [2.75, 3.05) is 10.8 Å². The molecule has 6 heteroatoms. The lowest BCUT2D eigenvalue weighted by molar-refractivity contribution is 0.473. The van der Waals surface area contributed by atoms with Crippen molar-refractivity contribution in [2.45, 2.75) is 4.90 Å². The molecule has 0 bridgehead atoms. The van der Waals surface area contributed by atoms with E-state index in [9.17, 15) is 15.2 Å². The summed E-state index contributed by atoms with van der Waals surface area (Å²) in [5.41, 5.74) is 1.00. The number of nitriles is 1. The second-order valence-electron chi connectivity index (χ2n) is 5.07. The van der Waals surface area contributed by atoms with E-state index in [2.05, 4.69) is 6.07 Å². The molecule has 5 nitrogen and oxygen atoms in total. The molecule has 23 heavy (non-hydrogen) atoms. The van der Waals surface area contributed by atoms with Crippen molar-refractivity contribution in [1.82, 2.24) is 0 Å². The minimum absolute atomic E-state index is 0.0145. The number of benzene rings is 2. The highest BCUT2D eigenvalue weighted by Gasteiger charge is 2.27. The van der Waals surface area contributed by atoms with Crippen molar-refractivity contribution in [2.24, 2.45) is 0 Å². The lowest BCUT2D eigenvalue weighted by Gasteiger charge is -2.18. The molecule has 0 aliphatic carbocycles. The van der Waals surface area contributed by atoms with Gasteiger partial charge < -0.3 is 14.4 Å². The van der Waals surface area contributed by atoms with E-state index in [0.717, 1.165) is 10.6 Å². The number of rotatable bonds is 1. The van der Waals surface area contributed by atoms with E-state index >= 15 is 0 Å². The zero-order valence-electron chi connectivity index (χ0n) is 11.8. The van der Waals surface area contributed by atoms with Crippen LogP contribution in [0.4, 0.5) is 11.4 Å². The maximum atomic E-state index is 12.5. The Kier molecular flexibility index (Phi) is 3.03. The van der Waals surface area contributed by atoms with E-state index in [1.807, 2.05) is 24.3 Å². The van der Waals surface area contributed by atoms with Crippen molar-refractivity contribution < 1.29 is 9.52 Å². The smallest absolute Gasteiger partial charge is 0.361 e. The maximum absolute atomic E-state index is 12.5. The minimum atomic E-state index is -0.586. The summed E-state index contributed by atoms with van der Waals surface area (Å²) < 4.78 is 5.33. The fraction of sp³-hybridized carbons (Fsp3) is 0.0588. The van der Waals surface area contributed by atoms with Crippen LogP contribution in [0, 0.1) is 11.3 Å². The van der Waals surface area contributed by atoms with Crippen molar-refractivity contribution in [1.29, 1.82) is 5.26 Å². The van der Waals surface area contributed by atoms with Crippen molar-refractivity contribution >= 4 is 34.1 Å². The van der Waals surface area contributed by atoms with Crippen LogP contribution in [0.2, 0.25) is 0 Å². The Morgan fingerprint density at radius 2 is 2.09 bits per heavy atom. The summed E-state index contributed by atoms with van der Waals surface area (Å²) in [4.78, 5) is 15.3. The van der Waals surface area contributed by atoms with Crippen LogP contribution in [0.3, 0.4) is 0 Å². The van der Waals surface area contributed by atoms with E-state index < -0.39 is 5.63 Å². The summed E-state index contributed by atoms with van der Waals surface area (Å²) in [6.07, 6.45) is 0. The molecule has 0 atom stereocenters. The third-order valence-electron chi connectivity index (χ3n) is 3.75. The molecule has 0 saturated heterocycles. The van der Waals surface area contributed by atoms with Crippen LogP contribution in [-0.4, -0.2) is 11.0 Å². The topological polar surface area (TPSA) is 77.5 Å². The van der Waals surface area contributed by atoms with Crippen LogP contribution in [0.15, 0.2) is 56.6 Å². The number of hydrogen-bond acceptors (Lipinski definition) is 6. The van der Waals surface area contributed by atoms with Gasteiger partial charge in [0.05, 0.1) is 17.1 Å². The normalized spacial score (nSPS) is 13.1. The molecule has 112 valence electrons. The summed E-state index contributed by atoms with van der Waals surface area (Å²) in [7, 11) is 0. The van der Waals surface area contributed by atoms with Gasteiger partial charge in [0.25, 0.3) is 0 Å². The Hall–Kier alpha value is -2.91. The SMILES string of the molecule is N#Cc1c(N2CSc3ccccc32)c(=O)oc2cc(O)ccc12.